The summed E-state index contributed by atoms with van der Waals surface area (Å²) >= 11 is 0. The van der Waals surface area contributed by atoms with Gasteiger partial charge in [-0.05, 0) is 23.8 Å². The zero-order chi connectivity index (χ0) is 15.1. The normalized spacial score (nSPS) is 20.9. The number of amidine groups is 1. The molecule has 2 heterocycles. The molecule has 0 saturated carbocycles. The maximum atomic E-state index is 4.66. The second-order valence-electron chi connectivity index (χ2n) is 4.70. The summed E-state index contributed by atoms with van der Waals surface area (Å²) in [4.78, 5) is 9.17. The maximum Gasteiger partial charge on any atom is 0.148 e. The summed E-state index contributed by atoms with van der Waals surface area (Å²) in [6.07, 6.45) is 7.15. The van der Waals surface area contributed by atoms with Crippen LogP contribution in [0.2, 0.25) is 0 Å². The van der Waals surface area contributed by atoms with Crippen LogP contribution < -0.4 is 5.32 Å². The van der Waals surface area contributed by atoms with Crippen LogP contribution in [0, 0.1) is 5.92 Å². The minimum absolute atomic E-state index is 0.320. The fourth-order valence-corrected chi connectivity index (χ4v) is 2.40. The van der Waals surface area contributed by atoms with Crippen LogP contribution in [0.3, 0.4) is 0 Å². The van der Waals surface area contributed by atoms with Crippen molar-refractivity contribution in [2.24, 2.45) is 15.9 Å². The van der Waals surface area contributed by atoms with Gasteiger partial charge in [0.2, 0.25) is 0 Å². The Balaban J connectivity index is 0.000000774. The summed E-state index contributed by atoms with van der Waals surface area (Å²) in [5.41, 5.74) is 3.63. The molecule has 1 atom stereocenters. The van der Waals surface area contributed by atoms with Gasteiger partial charge in [-0.2, -0.15) is 0 Å². The Morgan fingerprint density at radius 3 is 2.67 bits per heavy atom. The molecule has 2 aliphatic heterocycles. The van der Waals surface area contributed by atoms with E-state index < -0.39 is 0 Å². The van der Waals surface area contributed by atoms with Crippen LogP contribution in [0.1, 0.15) is 32.8 Å². The fraction of sp³-hybridized carbons (Fsp3) is 0.333. The van der Waals surface area contributed by atoms with Gasteiger partial charge in [-0.25, -0.2) is 0 Å². The Morgan fingerprint density at radius 2 is 1.95 bits per heavy atom. The summed E-state index contributed by atoms with van der Waals surface area (Å²) in [7, 11) is 0. The third-order valence-corrected chi connectivity index (χ3v) is 3.49. The van der Waals surface area contributed by atoms with E-state index in [9.17, 15) is 0 Å². The van der Waals surface area contributed by atoms with E-state index >= 15 is 0 Å². The van der Waals surface area contributed by atoms with E-state index in [-0.39, 0.29) is 0 Å². The molecule has 1 aromatic rings. The molecule has 21 heavy (non-hydrogen) atoms. The molecule has 0 amide bonds. The van der Waals surface area contributed by atoms with Crippen LogP contribution >= 0.6 is 0 Å². The van der Waals surface area contributed by atoms with Crippen LogP contribution in [0.5, 0.6) is 0 Å². The zero-order valence-electron chi connectivity index (χ0n) is 13.0. The van der Waals surface area contributed by atoms with Crippen molar-refractivity contribution < 1.29 is 0 Å². The van der Waals surface area contributed by atoms with Gasteiger partial charge in [-0.3, -0.25) is 9.98 Å². The van der Waals surface area contributed by atoms with Crippen molar-refractivity contribution in [1.82, 2.24) is 5.32 Å². The zero-order valence-corrected chi connectivity index (χ0v) is 13.0. The number of allylic oxidation sites excluding steroid dienone is 2. The lowest BCUT2D eigenvalue weighted by Crippen LogP contribution is -2.35. The molecular formula is C18H23N3. The summed E-state index contributed by atoms with van der Waals surface area (Å²) in [5.74, 6) is 1.22. The molecule has 3 nitrogen and oxygen atoms in total. The van der Waals surface area contributed by atoms with Crippen LogP contribution in [-0.2, 0) is 6.54 Å². The van der Waals surface area contributed by atoms with Crippen LogP contribution in [-0.4, -0.2) is 11.5 Å². The highest BCUT2D eigenvalue weighted by atomic mass is 15.0. The van der Waals surface area contributed by atoms with Crippen molar-refractivity contribution in [3.05, 3.63) is 59.9 Å². The molecule has 1 N–H and O–H groups in total. The van der Waals surface area contributed by atoms with Crippen molar-refractivity contribution in [2.45, 2.75) is 33.7 Å². The second-order valence-corrected chi connectivity index (χ2v) is 4.70. The second kappa shape index (κ2) is 7.58. The van der Waals surface area contributed by atoms with E-state index in [1.165, 1.54) is 11.1 Å². The summed E-state index contributed by atoms with van der Waals surface area (Å²) < 4.78 is 0. The number of aliphatic imine (C=N–C) groups is 2. The van der Waals surface area contributed by atoms with Crippen LogP contribution in [0.15, 0.2) is 64.4 Å². The lowest BCUT2D eigenvalue weighted by atomic mass is 9.92. The highest BCUT2D eigenvalue weighted by Crippen LogP contribution is 2.26. The number of nitrogens with one attached hydrogen (secondary N) is 1. The molecule has 0 saturated heterocycles. The Bertz CT molecular complexity index is 580. The molecule has 3 heteroatoms. The molecule has 1 aromatic carbocycles. The molecule has 0 bridgehead atoms. The van der Waals surface area contributed by atoms with E-state index in [4.69, 9.17) is 0 Å². The number of hydrogen-bond acceptors (Lipinski definition) is 2. The Hall–Kier alpha value is -2.16. The number of nitrogens with zero attached hydrogens (tertiary/aromatic N) is 2. The topological polar surface area (TPSA) is 36.8 Å². The predicted octanol–water partition coefficient (Wildman–Crippen LogP) is 4.09. The molecular weight excluding hydrogens is 258 g/mol. The lowest BCUT2D eigenvalue weighted by Gasteiger charge is -2.19. The molecule has 110 valence electrons. The van der Waals surface area contributed by atoms with Gasteiger partial charge in [0.05, 0.1) is 12.3 Å². The summed E-state index contributed by atoms with van der Waals surface area (Å²) in [6, 6.07) is 10.3. The van der Waals surface area contributed by atoms with Crippen molar-refractivity contribution in [3.8, 4) is 0 Å². The van der Waals surface area contributed by atoms with Gasteiger partial charge in [-0.1, -0.05) is 57.2 Å². The van der Waals surface area contributed by atoms with Gasteiger partial charge >= 0.3 is 0 Å². The molecule has 1 unspecified atom stereocenters. The number of benzene rings is 1. The highest BCUT2D eigenvalue weighted by Gasteiger charge is 2.27. The minimum Gasteiger partial charge on any atom is -0.346 e. The van der Waals surface area contributed by atoms with Crippen molar-refractivity contribution >= 4 is 11.5 Å². The first-order valence-corrected chi connectivity index (χ1v) is 7.67. The smallest absolute Gasteiger partial charge is 0.148 e. The molecule has 0 aromatic heterocycles. The molecule has 0 spiro atoms. The third kappa shape index (κ3) is 3.48. The predicted molar refractivity (Wildman–Crippen MR) is 90.5 cm³/mol. The first-order valence-electron chi connectivity index (χ1n) is 7.67. The fourth-order valence-electron chi connectivity index (χ4n) is 2.40. The Morgan fingerprint density at radius 1 is 1.19 bits per heavy atom. The van der Waals surface area contributed by atoms with E-state index in [2.05, 4.69) is 40.4 Å². The first-order chi connectivity index (χ1) is 10.4. The standard InChI is InChI=1S/C16H17N3.C2H6/c1-2-13-11-18-15-14(13)8-9-17-16(15)19-10-12-6-4-3-5-7-12;1-2/h3-9,11,14H,2,10H2,1H3,(H,17,19);1-2H3. The van der Waals surface area contributed by atoms with Crippen molar-refractivity contribution in [1.29, 1.82) is 0 Å². The number of hydrogen-bond donors (Lipinski definition) is 1. The Kier molecular flexibility index (Phi) is 5.50. The Labute approximate surface area is 127 Å². The van der Waals surface area contributed by atoms with E-state index in [1.807, 2.05) is 44.4 Å². The van der Waals surface area contributed by atoms with Crippen molar-refractivity contribution in [2.75, 3.05) is 0 Å². The molecule has 0 radical (unpaired) electrons. The van der Waals surface area contributed by atoms with Gasteiger partial charge in [0.15, 0.2) is 0 Å². The average Bonchev–Trinajstić information content (AvgIpc) is 2.99. The van der Waals surface area contributed by atoms with Gasteiger partial charge in [-0.15, -0.1) is 0 Å². The van der Waals surface area contributed by atoms with Gasteiger partial charge in [0.1, 0.15) is 5.84 Å². The molecule has 0 fully saturated rings. The lowest BCUT2D eigenvalue weighted by molar-refractivity contribution is 0.925. The van der Waals surface area contributed by atoms with E-state index in [1.54, 1.807) is 0 Å². The van der Waals surface area contributed by atoms with Gasteiger partial charge in [0, 0.05) is 12.1 Å². The van der Waals surface area contributed by atoms with E-state index in [0.29, 0.717) is 12.5 Å². The quantitative estimate of drug-likeness (QED) is 0.890. The maximum absolute atomic E-state index is 4.66. The largest absolute Gasteiger partial charge is 0.346 e. The highest BCUT2D eigenvalue weighted by molar-refractivity contribution is 6.44. The number of rotatable bonds is 3. The third-order valence-electron chi connectivity index (χ3n) is 3.49. The van der Waals surface area contributed by atoms with Crippen LogP contribution in [0.4, 0.5) is 0 Å². The van der Waals surface area contributed by atoms with Gasteiger partial charge < -0.3 is 5.32 Å². The average molecular weight is 281 g/mol. The molecule has 2 aliphatic rings. The number of fused-ring (bicyclic) bond motifs is 1. The minimum atomic E-state index is 0.320. The molecule has 3 rings (SSSR count). The van der Waals surface area contributed by atoms with Crippen LogP contribution in [0.25, 0.3) is 0 Å². The SMILES string of the molecule is CC.CCC1=CN=C2C(=NCc3ccccc3)NC=CC12. The summed E-state index contributed by atoms with van der Waals surface area (Å²) in [5, 5.41) is 3.21. The first kappa shape index (κ1) is 15.2. The van der Waals surface area contributed by atoms with E-state index in [0.717, 1.165) is 18.0 Å². The van der Waals surface area contributed by atoms with Gasteiger partial charge in [0.25, 0.3) is 0 Å². The van der Waals surface area contributed by atoms with Crippen molar-refractivity contribution in [3.63, 3.8) is 0 Å². The summed E-state index contributed by atoms with van der Waals surface area (Å²) in [6.45, 7) is 6.85. The monoisotopic (exact) mass is 281 g/mol. The molecule has 0 aliphatic carbocycles.